The molecule has 0 bridgehead atoms. The highest BCUT2D eigenvalue weighted by molar-refractivity contribution is 5.84. The molecule has 0 aliphatic heterocycles. The fourth-order valence-corrected chi connectivity index (χ4v) is 1.25. The van der Waals surface area contributed by atoms with Crippen LogP contribution in [0.3, 0.4) is 0 Å². The van der Waals surface area contributed by atoms with Gasteiger partial charge in [0.05, 0.1) is 18.8 Å². The van der Waals surface area contributed by atoms with E-state index in [0.717, 1.165) is 0 Å². The standard InChI is InChI=1S/C11H14O4/c1-3-14-10-5-8(13)6-11(15-4-2)9(10)7-12/h5-7,13H,3-4H2,1-2H3. The number of hydrogen-bond acceptors (Lipinski definition) is 4. The molecular formula is C11H14O4. The Morgan fingerprint density at radius 2 is 1.67 bits per heavy atom. The fraction of sp³-hybridized carbons (Fsp3) is 0.364. The summed E-state index contributed by atoms with van der Waals surface area (Å²) in [5, 5.41) is 9.39. The van der Waals surface area contributed by atoms with E-state index in [9.17, 15) is 9.90 Å². The van der Waals surface area contributed by atoms with Crippen molar-refractivity contribution in [3.05, 3.63) is 17.7 Å². The molecule has 0 saturated carbocycles. The molecule has 82 valence electrons. The second-order valence-corrected chi connectivity index (χ2v) is 2.84. The summed E-state index contributed by atoms with van der Waals surface area (Å²) in [5.74, 6) is 0.708. The summed E-state index contributed by atoms with van der Waals surface area (Å²) in [6.45, 7) is 4.46. The van der Waals surface area contributed by atoms with Crippen molar-refractivity contribution < 1.29 is 19.4 Å². The van der Waals surface area contributed by atoms with Crippen molar-refractivity contribution in [1.82, 2.24) is 0 Å². The number of aromatic hydroxyl groups is 1. The van der Waals surface area contributed by atoms with Crippen LogP contribution in [0.25, 0.3) is 0 Å². The SMILES string of the molecule is CCOc1cc(O)cc(OCC)c1C=O. The first-order valence-electron chi connectivity index (χ1n) is 4.80. The number of hydrogen-bond donors (Lipinski definition) is 1. The van der Waals surface area contributed by atoms with Crippen molar-refractivity contribution in [2.75, 3.05) is 13.2 Å². The lowest BCUT2D eigenvalue weighted by Gasteiger charge is -2.11. The first-order chi connectivity index (χ1) is 7.22. The Morgan fingerprint density at radius 3 is 2.00 bits per heavy atom. The molecular weight excluding hydrogens is 196 g/mol. The summed E-state index contributed by atoms with van der Waals surface area (Å²) in [5.41, 5.74) is 0.330. The average Bonchev–Trinajstić information content (AvgIpc) is 2.18. The lowest BCUT2D eigenvalue weighted by atomic mass is 10.2. The maximum atomic E-state index is 10.9. The van der Waals surface area contributed by atoms with E-state index < -0.39 is 0 Å². The number of aldehydes is 1. The molecule has 0 radical (unpaired) electrons. The van der Waals surface area contributed by atoms with Crippen molar-refractivity contribution in [2.24, 2.45) is 0 Å². The summed E-state index contributed by atoms with van der Waals surface area (Å²) in [7, 11) is 0. The van der Waals surface area contributed by atoms with Crippen molar-refractivity contribution in [2.45, 2.75) is 13.8 Å². The van der Waals surface area contributed by atoms with Crippen molar-refractivity contribution in [1.29, 1.82) is 0 Å². The Labute approximate surface area is 88.4 Å². The van der Waals surface area contributed by atoms with E-state index in [4.69, 9.17) is 9.47 Å². The summed E-state index contributed by atoms with van der Waals surface area (Å²) >= 11 is 0. The number of benzene rings is 1. The largest absolute Gasteiger partial charge is 0.508 e. The topological polar surface area (TPSA) is 55.8 Å². The molecule has 0 saturated heterocycles. The molecule has 1 rings (SSSR count). The van der Waals surface area contributed by atoms with Gasteiger partial charge in [-0.3, -0.25) is 4.79 Å². The van der Waals surface area contributed by atoms with Gasteiger partial charge in [-0.25, -0.2) is 0 Å². The zero-order valence-corrected chi connectivity index (χ0v) is 8.82. The van der Waals surface area contributed by atoms with Gasteiger partial charge in [-0.1, -0.05) is 0 Å². The van der Waals surface area contributed by atoms with Crippen LogP contribution in [0.15, 0.2) is 12.1 Å². The molecule has 1 aromatic rings. The van der Waals surface area contributed by atoms with E-state index in [1.807, 2.05) is 0 Å². The van der Waals surface area contributed by atoms with Crippen LogP contribution in [0.4, 0.5) is 0 Å². The number of carbonyl (C=O) groups excluding carboxylic acids is 1. The maximum Gasteiger partial charge on any atom is 0.157 e. The maximum absolute atomic E-state index is 10.9. The first-order valence-corrected chi connectivity index (χ1v) is 4.80. The van der Waals surface area contributed by atoms with E-state index in [1.165, 1.54) is 12.1 Å². The number of rotatable bonds is 5. The molecule has 1 aromatic carbocycles. The third-order valence-corrected chi connectivity index (χ3v) is 1.81. The molecule has 0 fully saturated rings. The fourth-order valence-electron chi connectivity index (χ4n) is 1.25. The Kier molecular flexibility index (Phi) is 3.97. The van der Waals surface area contributed by atoms with Crippen LogP contribution >= 0.6 is 0 Å². The summed E-state index contributed by atoms with van der Waals surface area (Å²) in [6.07, 6.45) is 0.662. The van der Waals surface area contributed by atoms with Crippen molar-refractivity contribution >= 4 is 6.29 Å². The summed E-state index contributed by atoms with van der Waals surface area (Å²) in [4.78, 5) is 10.9. The van der Waals surface area contributed by atoms with Gasteiger partial charge in [0, 0.05) is 12.1 Å². The van der Waals surface area contributed by atoms with Crippen LogP contribution in [0.5, 0.6) is 17.2 Å². The van der Waals surface area contributed by atoms with Gasteiger partial charge < -0.3 is 14.6 Å². The van der Waals surface area contributed by atoms with Crippen LogP contribution in [0.2, 0.25) is 0 Å². The minimum absolute atomic E-state index is 0.0208. The van der Waals surface area contributed by atoms with E-state index >= 15 is 0 Å². The smallest absolute Gasteiger partial charge is 0.157 e. The van der Waals surface area contributed by atoms with Crippen LogP contribution in [0, 0.1) is 0 Å². The van der Waals surface area contributed by atoms with E-state index in [0.29, 0.717) is 36.6 Å². The third-order valence-electron chi connectivity index (χ3n) is 1.81. The minimum Gasteiger partial charge on any atom is -0.508 e. The van der Waals surface area contributed by atoms with Gasteiger partial charge in [-0.15, -0.1) is 0 Å². The van der Waals surface area contributed by atoms with E-state index in [1.54, 1.807) is 13.8 Å². The van der Waals surface area contributed by atoms with Gasteiger partial charge in [0.2, 0.25) is 0 Å². The summed E-state index contributed by atoms with van der Waals surface area (Å²) < 4.78 is 10.4. The average molecular weight is 210 g/mol. The van der Waals surface area contributed by atoms with Gasteiger partial charge in [0.25, 0.3) is 0 Å². The molecule has 15 heavy (non-hydrogen) atoms. The highest BCUT2D eigenvalue weighted by Gasteiger charge is 2.12. The predicted octanol–water partition coefficient (Wildman–Crippen LogP) is 2.00. The second-order valence-electron chi connectivity index (χ2n) is 2.84. The van der Waals surface area contributed by atoms with Crippen LogP contribution in [-0.2, 0) is 0 Å². The molecule has 1 N–H and O–H groups in total. The number of carbonyl (C=O) groups is 1. The van der Waals surface area contributed by atoms with Crippen molar-refractivity contribution in [3.63, 3.8) is 0 Å². The van der Waals surface area contributed by atoms with Gasteiger partial charge >= 0.3 is 0 Å². The van der Waals surface area contributed by atoms with E-state index in [2.05, 4.69) is 0 Å². The molecule has 0 atom stereocenters. The molecule has 0 unspecified atom stereocenters. The molecule has 0 heterocycles. The summed E-state index contributed by atoms with van der Waals surface area (Å²) in [6, 6.07) is 2.80. The molecule has 0 aliphatic carbocycles. The Bertz CT molecular complexity index is 319. The van der Waals surface area contributed by atoms with Gasteiger partial charge in [-0.2, -0.15) is 0 Å². The zero-order valence-electron chi connectivity index (χ0n) is 8.82. The lowest BCUT2D eigenvalue weighted by molar-refractivity contribution is 0.111. The number of ether oxygens (including phenoxy) is 2. The van der Waals surface area contributed by atoms with Crippen LogP contribution in [0.1, 0.15) is 24.2 Å². The molecule has 4 nitrogen and oxygen atoms in total. The van der Waals surface area contributed by atoms with Gasteiger partial charge in [-0.05, 0) is 13.8 Å². The molecule has 0 aromatic heterocycles. The monoisotopic (exact) mass is 210 g/mol. The van der Waals surface area contributed by atoms with E-state index in [-0.39, 0.29) is 5.75 Å². The predicted molar refractivity (Wildman–Crippen MR) is 55.8 cm³/mol. The Balaban J connectivity index is 3.18. The van der Waals surface area contributed by atoms with Crippen LogP contribution < -0.4 is 9.47 Å². The Hall–Kier alpha value is -1.71. The molecule has 0 spiro atoms. The molecule has 4 heteroatoms. The normalized spacial score (nSPS) is 9.73. The second kappa shape index (κ2) is 5.24. The highest BCUT2D eigenvalue weighted by atomic mass is 16.5. The van der Waals surface area contributed by atoms with Gasteiger partial charge in [0.1, 0.15) is 17.2 Å². The number of phenols is 1. The zero-order chi connectivity index (χ0) is 11.3. The first kappa shape index (κ1) is 11.4. The molecule has 0 aliphatic rings. The third kappa shape index (κ3) is 2.62. The highest BCUT2D eigenvalue weighted by Crippen LogP contribution is 2.32. The van der Waals surface area contributed by atoms with Crippen LogP contribution in [-0.4, -0.2) is 24.6 Å². The van der Waals surface area contributed by atoms with Gasteiger partial charge in [0.15, 0.2) is 6.29 Å². The minimum atomic E-state index is 0.0208. The Morgan fingerprint density at radius 1 is 1.20 bits per heavy atom. The lowest BCUT2D eigenvalue weighted by Crippen LogP contribution is -2.00. The number of phenolic OH excluding ortho intramolecular Hbond substituents is 1. The quantitative estimate of drug-likeness (QED) is 0.755. The van der Waals surface area contributed by atoms with Crippen molar-refractivity contribution in [3.8, 4) is 17.2 Å². The molecule has 0 amide bonds.